The van der Waals surface area contributed by atoms with Crippen LogP contribution in [0.3, 0.4) is 0 Å². The van der Waals surface area contributed by atoms with Gasteiger partial charge in [0, 0.05) is 19.4 Å². The summed E-state index contributed by atoms with van der Waals surface area (Å²) in [5.74, 6) is 2.20. The third kappa shape index (κ3) is 2.00. The zero-order chi connectivity index (χ0) is 12.7. The lowest BCUT2D eigenvalue weighted by molar-refractivity contribution is -0.0716. The lowest BCUT2D eigenvalue weighted by atomic mass is 9.91. The van der Waals surface area contributed by atoms with Gasteiger partial charge >= 0.3 is 0 Å². The van der Waals surface area contributed by atoms with E-state index in [0.29, 0.717) is 5.92 Å². The molecule has 1 aliphatic carbocycles. The van der Waals surface area contributed by atoms with Crippen LogP contribution in [-0.4, -0.2) is 18.9 Å². The van der Waals surface area contributed by atoms with E-state index in [2.05, 4.69) is 23.5 Å². The lowest BCUT2D eigenvalue weighted by Crippen LogP contribution is -2.34. The molecule has 1 saturated carbocycles. The van der Waals surface area contributed by atoms with Crippen molar-refractivity contribution < 1.29 is 9.47 Å². The molecule has 0 aromatic heterocycles. The Hall–Kier alpha value is -1.22. The Morgan fingerprint density at radius 1 is 1.05 bits per heavy atom. The van der Waals surface area contributed by atoms with Crippen molar-refractivity contribution in [2.24, 2.45) is 0 Å². The second kappa shape index (κ2) is 4.41. The van der Waals surface area contributed by atoms with Gasteiger partial charge in [-0.3, -0.25) is 0 Å². The van der Waals surface area contributed by atoms with Crippen molar-refractivity contribution in [3.05, 3.63) is 23.8 Å². The van der Waals surface area contributed by atoms with Crippen LogP contribution in [-0.2, 0) is 0 Å². The highest BCUT2D eigenvalue weighted by atomic mass is 16.7. The highest BCUT2D eigenvalue weighted by molar-refractivity contribution is 5.47. The maximum absolute atomic E-state index is 6.14. The summed E-state index contributed by atoms with van der Waals surface area (Å²) in [6, 6.07) is 6.53. The predicted molar refractivity (Wildman–Crippen MR) is 73.7 cm³/mol. The van der Waals surface area contributed by atoms with E-state index in [1.807, 2.05) is 0 Å². The van der Waals surface area contributed by atoms with Gasteiger partial charge in [-0.2, -0.15) is 0 Å². The van der Waals surface area contributed by atoms with Crippen molar-refractivity contribution in [2.75, 3.05) is 13.1 Å². The van der Waals surface area contributed by atoms with Gasteiger partial charge in [0.15, 0.2) is 11.5 Å². The number of rotatable bonds is 1. The minimum Gasteiger partial charge on any atom is -0.448 e. The minimum absolute atomic E-state index is 0.328. The van der Waals surface area contributed by atoms with Crippen LogP contribution in [0.5, 0.6) is 11.5 Å². The second-order valence-corrected chi connectivity index (χ2v) is 6.07. The van der Waals surface area contributed by atoms with Gasteiger partial charge in [-0.1, -0.05) is 6.07 Å². The van der Waals surface area contributed by atoms with Gasteiger partial charge in [0.2, 0.25) is 0 Å². The molecule has 3 heteroatoms. The van der Waals surface area contributed by atoms with E-state index in [4.69, 9.17) is 9.47 Å². The van der Waals surface area contributed by atoms with Crippen LogP contribution < -0.4 is 14.8 Å². The molecule has 3 aliphatic rings. The first-order valence-electron chi connectivity index (χ1n) is 7.57. The third-order valence-corrected chi connectivity index (χ3v) is 4.69. The van der Waals surface area contributed by atoms with Crippen LogP contribution in [0.4, 0.5) is 0 Å². The number of fused-ring (bicyclic) bond motifs is 1. The van der Waals surface area contributed by atoms with Gasteiger partial charge in [0.1, 0.15) is 0 Å². The van der Waals surface area contributed by atoms with E-state index in [-0.39, 0.29) is 5.79 Å². The lowest BCUT2D eigenvalue weighted by Gasteiger charge is -2.23. The van der Waals surface area contributed by atoms with Crippen LogP contribution >= 0.6 is 0 Å². The smallest absolute Gasteiger partial charge is 0.251 e. The SMILES string of the molecule is c1cc2c(cc1C1CCCNC1)OC1(CCCC1)O2. The predicted octanol–water partition coefficient (Wildman–Crippen LogP) is 3.20. The Balaban J connectivity index is 1.58. The molecule has 1 saturated heterocycles. The van der Waals surface area contributed by atoms with Crippen LogP contribution in [0.25, 0.3) is 0 Å². The van der Waals surface area contributed by atoms with E-state index in [1.54, 1.807) is 0 Å². The molecule has 1 unspecified atom stereocenters. The Labute approximate surface area is 114 Å². The van der Waals surface area contributed by atoms with E-state index >= 15 is 0 Å². The fraction of sp³-hybridized carbons (Fsp3) is 0.625. The average molecular weight is 259 g/mol. The largest absolute Gasteiger partial charge is 0.448 e. The van der Waals surface area contributed by atoms with Crippen molar-refractivity contribution in [2.45, 2.75) is 50.2 Å². The third-order valence-electron chi connectivity index (χ3n) is 4.69. The Morgan fingerprint density at radius 2 is 1.89 bits per heavy atom. The number of hydrogen-bond acceptors (Lipinski definition) is 3. The van der Waals surface area contributed by atoms with Crippen LogP contribution in [0.15, 0.2) is 18.2 Å². The standard InChI is InChI=1S/C16H21NO2/c1-2-8-16(7-1)18-14-6-5-12(10-15(14)19-16)13-4-3-9-17-11-13/h5-6,10,13,17H,1-4,7-9,11H2. The molecule has 2 aliphatic heterocycles. The maximum atomic E-state index is 6.14. The minimum atomic E-state index is -0.328. The van der Waals surface area contributed by atoms with Crippen molar-refractivity contribution >= 4 is 0 Å². The Morgan fingerprint density at radius 3 is 2.68 bits per heavy atom. The summed E-state index contributed by atoms with van der Waals surface area (Å²) >= 11 is 0. The molecule has 4 rings (SSSR count). The van der Waals surface area contributed by atoms with E-state index in [1.165, 1.54) is 31.2 Å². The number of piperidine rings is 1. The summed E-state index contributed by atoms with van der Waals surface area (Å²) < 4.78 is 12.2. The van der Waals surface area contributed by atoms with Crippen molar-refractivity contribution in [1.29, 1.82) is 0 Å². The number of nitrogens with one attached hydrogen (secondary N) is 1. The van der Waals surface area contributed by atoms with Crippen LogP contribution in [0.2, 0.25) is 0 Å². The van der Waals surface area contributed by atoms with Gasteiger partial charge in [-0.05, 0) is 55.8 Å². The quantitative estimate of drug-likeness (QED) is 0.840. The molecule has 1 spiro atoms. The van der Waals surface area contributed by atoms with Crippen molar-refractivity contribution in [3.63, 3.8) is 0 Å². The van der Waals surface area contributed by atoms with Crippen molar-refractivity contribution in [3.8, 4) is 11.5 Å². The molecule has 2 heterocycles. The summed E-state index contributed by atoms with van der Waals surface area (Å²) in [5, 5.41) is 3.48. The molecule has 3 nitrogen and oxygen atoms in total. The van der Waals surface area contributed by atoms with E-state index in [9.17, 15) is 0 Å². The summed E-state index contributed by atoms with van der Waals surface area (Å²) in [6.07, 6.45) is 7.03. The summed E-state index contributed by atoms with van der Waals surface area (Å²) in [5.41, 5.74) is 1.39. The first-order chi connectivity index (χ1) is 9.35. The fourth-order valence-electron chi connectivity index (χ4n) is 3.62. The average Bonchev–Trinajstić information content (AvgIpc) is 3.05. The summed E-state index contributed by atoms with van der Waals surface area (Å²) in [7, 11) is 0. The highest BCUT2D eigenvalue weighted by Crippen LogP contribution is 2.47. The number of benzene rings is 1. The van der Waals surface area contributed by atoms with Gasteiger partial charge in [-0.25, -0.2) is 0 Å². The molecular formula is C16H21NO2. The van der Waals surface area contributed by atoms with Crippen LogP contribution in [0, 0.1) is 0 Å². The molecule has 1 aromatic rings. The monoisotopic (exact) mass is 259 g/mol. The molecule has 0 bridgehead atoms. The highest BCUT2D eigenvalue weighted by Gasteiger charge is 2.44. The van der Waals surface area contributed by atoms with Gasteiger partial charge in [-0.15, -0.1) is 0 Å². The molecule has 2 fully saturated rings. The molecule has 1 aromatic carbocycles. The maximum Gasteiger partial charge on any atom is 0.251 e. The summed E-state index contributed by atoms with van der Waals surface area (Å²) in [6.45, 7) is 2.24. The molecule has 19 heavy (non-hydrogen) atoms. The molecule has 0 radical (unpaired) electrons. The van der Waals surface area contributed by atoms with Gasteiger partial charge in [0.05, 0.1) is 0 Å². The van der Waals surface area contributed by atoms with E-state index < -0.39 is 0 Å². The normalized spacial score (nSPS) is 27.9. The first-order valence-corrected chi connectivity index (χ1v) is 7.57. The molecule has 1 N–H and O–H groups in total. The molecular weight excluding hydrogens is 238 g/mol. The molecule has 1 atom stereocenters. The van der Waals surface area contributed by atoms with Crippen LogP contribution in [0.1, 0.15) is 50.0 Å². The first kappa shape index (κ1) is 11.6. The zero-order valence-electron chi connectivity index (χ0n) is 11.3. The van der Waals surface area contributed by atoms with Gasteiger partial charge < -0.3 is 14.8 Å². The molecule has 0 amide bonds. The number of hydrogen-bond donors (Lipinski definition) is 1. The van der Waals surface area contributed by atoms with Gasteiger partial charge in [0.25, 0.3) is 5.79 Å². The number of ether oxygens (including phenoxy) is 2. The summed E-state index contributed by atoms with van der Waals surface area (Å²) in [4.78, 5) is 0. The van der Waals surface area contributed by atoms with E-state index in [0.717, 1.165) is 37.4 Å². The Kier molecular flexibility index (Phi) is 2.69. The second-order valence-electron chi connectivity index (χ2n) is 6.07. The Bertz CT molecular complexity index is 474. The molecule has 102 valence electrons. The fourth-order valence-corrected chi connectivity index (χ4v) is 3.62. The topological polar surface area (TPSA) is 30.5 Å². The zero-order valence-corrected chi connectivity index (χ0v) is 11.3. The van der Waals surface area contributed by atoms with Crippen molar-refractivity contribution in [1.82, 2.24) is 5.32 Å².